The van der Waals surface area contributed by atoms with E-state index in [0.29, 0.717) is 16.1 Å². The van der Waals surface area contributed by atoms with Gasteiger partial charge in [-0.25, -0.2) is 0 Å². The molecule has 1 aliphatic rings. The maximum atomic E-state index is 6.17. The zero-order chi connectivity index (χ0) is 13.2. The molecule has 0 heterocycles. The molecule has 1 fully saturated rings. The van der Waals surface area contributed by atoms with Crippen LogP contribution in [0.25, 0.3) is 0 Å². The standard InChI is InChI=1S/C15H21Cl2N.ClH/c1-3-5-14(18-2)15(8-4-9-15)11-6-7-12(16)13(17)10-11;/h6-7,10,14,18H,3-5,8-9H2,1-2H3;1H. The molecule has 1 N–H and O–H groups in total. The highest BCUT2D eigenvalue weighted by Gasteiger charge is 2.44. The van der Waals surface area contributed by atoms with Crippen molar-refractivity contribution in [1.29, 1.82) is 0 Å². The predicted octanol–water partition coefficient (Wildman–Crippen LogP) is 5.23. The van der Waals surface area contributed by atoms with E-state index in [9.17, 15) is 0 Å². The van der Waals surface area contributed by atoms with E-state index in [2.05, 4.69) is 31.4 Å². The van der Waals surface area contributed by atoms with Gasteiger partial charge in [0.05, 0.1) is 10.0 Å². The lowest BCUT2D eigenvalue weighted by atomic mass is 9.59. The van der Waals surface area contributed by atoms with Crippen molar-refractivity contribution in [3.8, 4) is 0 Å². The van der Waals surface area contributed by atoms with Crippen molar-refractivity contribution >= 4 is 35.6 Å². The number of rotatable bonds is 5. The average molecular weight is 323 g/mol. The Bertz CT molecular complexity index is 416. The summed E-state index contributed by atoms with van der Waals surface area (Å²) in [7, 11) is 2.07. The first-order chi connectivity index (χ1) is 8.64. The summed E-state index contributed by atoms with van der Waals surface area (Å²) in [6.07, 6.45) is 6.21. The zero-order valence-corrected chi connectivity index (χ0v) is 13.8. The zero-order valence-electron chi connectivity index (χ0n) is 11.5. The molecule has 1 aromatic carbocycles. The third kappa shape index (κ3) is 3.21. The Kier molecular flexibility index (Phi) is 6.46. The van der Waals surface area contributed by atoms with E-state index in [1.165, 1.54) is 37.7 Å². The molecule has 1 nitrogen and oxygen atoms in total. The largest absolute Gasteiger partial charge is 0.316 e. The fraction of sp³-hybridized carbons (Fsp3) is 0.600. The molecule has 0 bridgehead atoms. The van der Waals surface area contributed by atoms with Gasteiger partial charge in [-0.2, -0.15) is 0 Å². The van der Waals surface area contributed by atoms with Crippen molar-refractivity contribution in [3.63, 3.8) is 0 Å². The monoisotopic (exact) mass is 321 g/mol. The minimum absolute atomic E-state index is 0. The average Bonchev–Trinajstić information content (AvgIpc) is 2.31. The van der Waals surface area contributed by atoms with Crippen molar-refractivity contribution in [1.82, 2.24) is 5.32 Å². The first-order valence-electron chi connectivity index (χ1n) is 6.77. The first-order valence-corrected chi connectivity index (χ1v) is 7.52. The molecule has 0 spiro atoms. The van der Waals surface area contributed by atoms with E-state index in [1.807, 2.05) is 6.07 Å². The van der Waals surface area contributed by atoms with E-state index < -0.39 is 0 Å². The summed E-state index contributed by atoms with van der Waals surface area (Å²) in [5, 5.41) is 4.82. The highest BCUT2D eigenvalue weighted by atomic mass is 35.5. The fourth-order valence-electron chi connectivity index (χ4n) is 3.19. The lowest BCUT2D eigenvalue weighted by Crippen LogP contribution is -2.51. The van der Waals surface area contributed by atoms with Gasteiger partial charge in [0.25, 0.3) is 0 Å². The van der Waals surface area contributed by atoms with E-state index in [1.54, 1.807) is 0 Å². The second-order valence-electron chi connectivity index (χ2n) is 5.27. The van der Waals surface area contributed by atoms with Crippen molar-refractivity contribution in [2.45, 2.75) is 50.5 Å². The molecule has 108 valence electrons. The lowest BCUT2D eigenvalue weighted by Gasteiger charge is -2.48. The molecule has 0 aliphatic heterocycles. The number of hydrogen-bond donors (Lipinski definition) is 1. The minimum atomic E-state index is 0. The predicted molar refractivity (Wildman–Crippen MR) is 87.0 cm³/mol. The highest BCUT2D eigenvalue weighted by Crippen LogP contribution is 2.48. The Balaban J connectivity index is 0.00000180. The number of nitrogens with one attached hydrogen (secondary N) is 1. The lowest BCUT2D eigenvalue weighted by molar-refractivity contribution is 0.167. The Morgan fingerprint density at radius 3 is 2.37 bits per heavy atom. The van der Waals surface area contributed by atoms with Crippen LogP contribution in [0.1, 0.15) is 44.6 Å². The summed E-state index contributed by atoms with van der Waals surface area (Å²) >= 11 is 12.2. The SMILES string of the molecule is CCCC(NC)C1(c2ccc(Cl)c(Cl)c2)CCC1.Cl. The van der Waals surface area contributed by atoms with Crippen molar-refractivity contribution < 1.29 is 0 Å². The number of hydrogen-bond acceptors (Lipinski definition) is 1. The molecule has 0 amide bonds. The van der Waals surface area contributed by atoms with Crippen LogP contribution in [-0.4, -0.2) is 13.1 Å². The first kappa shape index (κ1) is 17.1. The molecule has 1 aromatic rings. The van der Waals surface area contributed by atoms with Crippen LogP contribution in [0.5, 0.6) is 0 Å². The van der Waals surface area contributed by atoms with Crippen LogP contribution >= 0.6 is 35.6 Å². The molecule has 4 heteroatoms. The van der Waals surface area contributed by atoms with Gasteiger partial charge >= 0.3 is 0 Å². The van der Waals surface area contributed by atoms with Gasteiger partial charge in [-0.15, -0.1) is 12.4 Å². The van der Waals surface area contributed by atoms with Crippen LogP contribution in [0, 0.1) is 0 Å². The van der Waals surface area contributed by atoms with Gasteiger partial charge in [0.2, 0.25) is 0 Å². The number of halogens is 3. The third-order valence-corrected chi connectivity index (χ3v) is 5.07. The molecule has 2 rings (SSSR count). The van der Waals surface area contributed by atoms with Crippen LogP contribution in [0.2, 0.25) is 10.0 Å². The van der Waals surface area contributed by atoms with Crippen molar-refractivity contribution in [2.75, 3.05) is 7.05 Å². The topological polar surface area (TPSA) is 12.0 Å². The molecular weight excluding hydrogens is 301 g/mol. The van der Waals surface area contributed by atoms with Gasteiger partial charge in [0.15, 0.2) is 0 Å². The maximum Gasteiger partial charge on any atom is 0.0595 e. The molecular formula is C15H22Cl3N. The van der Waals surface area contributed by atoms with E-state index in [4.69, 9.17) is 23.2 Å². The summed E-state index contributed by atoms with van der Waals surface area (Å²) in [5.74, 6) is 0. The van der Waals surface area contributed by atoms with E-state index in [0.717, 1.165) is 0 Å². The van der Waals surface area contributed by atoms with Crippen molar-refractivity contribution in [3.05, 3.63) is 33.8 Å². The van der Waals surface area contributed by atoms with Crippen LogP contribution in [0.3, 0.4) is 0 Å². The van der Waals surface area contributed by atoms with Gasteiger partial charge in [0, 0.05) is 11.5 Å². The van der Waals surface area contributed by atoms with Gasteiger partial charge in [-0.3, -0.25) is 0 Å². The summed E-state index contributed by atoms with van der Waals surface area (Å²) in [5.41, 5.74) is 1.61. The summed E-state index contributed by atoms with van der Waals surface area (Å²) in [6.45, 7) is 2.24. The second-order valence-corrected chi connectivity index (χ2v) is 6.08. The van der Waals surface area contributed by atoms with Gasteiger partial charge in [-0.05, 0) is 44.0 Å². The third-order valence-electron chi connectivity index (χ3n) is 4.33. The van der Waals surface area contributed by atoms with Gasteiger partial charge in [0.1, 0.15) is 0 Å². The molecule has 1 aliphatic carbocycles. The Morgan fingerprint density at radius 2 is 1.95 bits per heavy atom. The quantitative estimate of drug-likeness (QED) is 0.783. The molecule has 1 atom stereocenters. The Morgan fingerprint density at radius 1 is 1.26 bits per heavy atom. The second kappa shape index (κ2) is 7.17. The molecule has 0 radical (unpaired) electrons. The molecule has 0 aromatic heterocycles. The maximum absolute atomic E-state index is 6.17. The summed E-state index contributed by atoms with van der Waals surface area (Å²) in [4.78, 5) is 0. The van der Waals surface area contributed by atoms with Crippen LogP contribution in [0.4, 0.5) is 0 Å². The molecule has 0 saturated heterocycles. The number of benzene rings is 1. The fourth-order valence-corrected chi connectivity index (χ4v) is 3.49. The highest BCUT2D eigenvalue weighted by molar-refractivity contribution is 6.42. The van der Waals surface area contributed by atoms with Crippen LogP contribution in [-0.2, 0) is 5.41 Å². The Labute approximate surface area is 132 Å². The van der Waals surface area contributed by atoms with Crippen LogP contribution in [0.15, 0.2) is 18.2 Å². The molecule has 19 heavy (non-hydrogen) atoms. The van der Waals surface area contributed by atoms with Gasteiger partial charge in [-0.1, -0.05) is 49.0 Å². The van der Waals surface area contributed by atoms with Crippen molar-refractivity contribution in [2.24, 2.45) is 0 Å². The normalized spacial score (nSPS) is 18.3. The summed E-state index contributed by atoms with van der Waals surface area (Å²) in [6, 6.07) is 6.67. The van der Waals surface area contributed by atoms with E-state index >= 15 is 0 Å². The number of likely N-dealkylation sites (N-methyl/N-ethyl adjacent to an activating group) is 1. The minimum Gasteiger partial charge on any atom is -0.316 e. The van der Waals surface area contributed by atoms with E-state index in [-0.39, 0.29) is 17.8 Å². The Hall–Kier alpha value is 0.0500. The smallest absolute Gasteiger partial charge is 0.0595 e. The van der Waals surface area contributed by atoms with Gasteiger partial charge < -0.3 is 5.32 Å². The van der Waals surface area contributed by atoms with Crippen LogP contribution < -0.4 is 5.32 Å². The summed E-state index contributed by atoms with van der Waals surface area (Å²) < 4.78 is 0. The molecule has 1 saturated carbocycles. The molecule has 1 unspecified atom stereocenters.